The molecule has 9 heteroatoms. The van der Waals surface area contributed by atoms with Gasteiger partial charge in [-0.1, -0.05) is 12.1 Å². The molecule has 2 aromatic rings. The SMILES string of the molecule is Cc1ccc(S(C)(=O)=O)cc1NCC(=O)NC(=O)NCCc1cccs1. The summed E-state index contributed by atoms with van der Waals surface area (Å²) >= 11 is 1.61. The lowest BCUT2D eigenvalue weighted by molar-refractivity contribution is -0.118. The molecule has 0 saturated carbocycles. The maximum Gasteiger partial charge on any atom is 0.321 e. The highest BCUT2D eigenvalue weighted by molar-refractivity contribution is 7.90. The quantitative estimate of drug-likeness (QED) is 0.665. The van der Waals surface area contributed by atoms with Gasteiger partial charge in [-0.3, -0.25) is 10.1 Å². The number of hydrogen-bond acceptors (Lipinski definition) is 6. The Morgan fingerprint density at radius 1 is 1.19 bits per heavy atom. The van der Waals surface area contributed by atoms with E-state index in [1.807, 2.05) is 17.5 Å². The summed E-state index contributed by atoms with van der Waals surface area (Å²) in [4.78, 5) is 24.9. The summed E-state index contributed by atoms with van der Waals surface area (Å²) in [6, 6.07) is 8.00. The Bertz CT molecular complexity index is 877. The summed E-state index contributed by atoms with van der Waals surface area (Å²) in [5.41, 5.74) is 1.33. The first-order chi connectivity index (χ1) is 12.3. The van der Waals surface area contributed by atoms with E-state index in [0.29, 0.717) is 18.7 Å². The lowest BCUT2D eigenvalue weighted by atomic mass is 10.2. The van der Waals surface area contributed by atoms with E-state index in [9.17, 15) is 18.0 Å². The van der Waals surface area contributed by atoms with E-state index < -0.39 is 21.8 Å². The van der Waals surface area contributed by atoms with Gasteiger partial charge in [0.05, 0.1) is 11.4 Å². The van der Waals surface area contributed by atoms with Crippen molar-refractivity contribution in [2.24, 2.45) is 0 Å². The lowest BCUT2D eigenvalue weighted by Gasteiger charge is -2.11. The number of amides is 3. The third-order valence-corrected chi connectivity index (χ3v) is 5.61. The van der Waals surface area contributed by atoms with Gasteiger partial charge in [-0.15, -0.1) is 11.3 Å². The van der Waals surface area contributed by atoms with Gasteiger partial charge in [-0.05, 0) is 42.5 Å². The van der Waals surface area contributed by atoms with Crippen LogP contribution in [0.5, 0.6) is 0 Å². The Hall–Kier alpha value is -2.39. The fraction of sp³-hybridized carbons (Fsp3) is 0.294. The zero-order valence-corrected chi connectivity index (χ0v) is 16.2. The van der Waals surface area contributed by atoms with Gasteiger partial charge in [0.2, 0.25) is 5.91 Å². The zero-order chi connectivity index (χ0) is 19.2. The maximum atomic E-state index is 11.9. The molecule has 0 aliphatic heterocycles. The molecule has 26 heavy (non-hydrogen) atoms. The number of benzene rings is 1. The minimum atomic E-state index is -3.33. The first kappa shape index (κ1) is 19.9. The molecule has 1 aromatic heterocycles. The van der Waals surface area contributed by atoms with Crippen LogP contribution in [0.4, 0.5) is 10.5 Å². The van der Waals surface area contributed by atoms with Crippen molar-refractivity contribution in [3.8, 4) is 0 Å². The minimum absolute atomic E-state index is 0.146. The number of carbonyl (C=O) groups is 2. The van der Waals surface area contributed by atoms with Crippen molar-refractivity contribution >= 4 is 38.8 Å². The lowest BCUT2D eigenvalue weighted by Crippen LogP contribution is -2.42. The van der Waals surface area contributed by atoms with E-state index in [-0.39, 0.29) is 11.4 Å². The highest BCUT2D eigenvalue weighted by Gasteiger charge is 2.11. The first-order valence-electron chi connectivity index (χ1n) is 7.90. The summed E-state index contributed by atoms with van der Waals surface area (Å²) in [5.74, 6) is -0.511. The molecular formula is C17H21N3O4S2. The number of carbonyl (C=O) groups excluding carboxylic acids is 2. The van der Waals surface area contributed by atoms with Gasteiger partial charge in [0.1, 0.15) is 0 Å². The fourth-order valence-corrected chi connectivity index (χ4v) is 3.52. The second-order valence-corrected chi connectivity index (χ2v) is 8.78. The van der Waals surface area contributed by atoms with E-state index in [1.165, 1.54) is 12.1 Å². The molecule has 0 spiro atoms. The van der Waals surface area contributed by atoms with Crippen molar-refractivity contribution in [3.05, 3.63) is 46.2 Å². The van der Waals surface area contributed by atoms with Gasteiger partial charge in [-0.25, -0.2) is 13.2 Å². The molecule has 0 saturated heterocycles. The van der Waals surface area contributed by atoms with E-state index in [2.05, 4.69) is 16.0 Å². The fourth-order valence-electron chi connectivity index (χ4n) is 2.17. The summed E-state index contributed by atoms with van der Waals surface area (Å²) < 4.78 is 23.2. The zero-order valence-electron chi connectivity index (χ0n) is 14.5. The minimum Gasteiger partial charge on any atom is -0.376 e. The van der Waals surface area contributed by atoms with Crippen LogP contribution in [0.25, 0.3) is 0 Å². The average Bonchev–Trinajstić information content (AvgIpc) is 3.06. The monoisotopic (exact) mass is 395 g/mol. The van der Waals surface area contributed by atoms with Gasteiger partial charge < -0.3 is 10.6 Å². The molecule has 0 aliphatic rings. The average molecular weight is 396 g/mol. The molecule has 0 atom stereocenters. The molecule has 0 fully saturated rings. The highest BCUT2D eigenvalue weighted by Crippen LogP contribution is 2.19. The number of urea groups is 1. The molecular weight excluding hydrogens is 374 g/mol. The Balaban J connectivity index is 1.80. The molecule has 0 radical (unpaired) electrons. The Morgan fingerprint density at radius 2 is 1.96 bits per heavy atom. The number of sulfone groups is 1. The molecule has 2 rings (SSSR count). The van der Waals surface area contributed by atoms with Crippen molar-refractivity contribution in [2.75, 3.05) is 24.7 Å². The molecule has 140 valence electrons. The largest absolute Gasteiger partial charge is 0.376 e. The van der Waals surface area contributed by atoms with Gasteiger partial charge in [0, 0.05) is 23.4 Å². The normalized spacial score (nSPS) is 11.0. The molecule has 7 nitrogen and oxygen atoms in total. The Labute approximate surface area is 156 Å². The predicted octanol–water partition coefficient (Wildman–Crippen LogP) is 1.94. The van der Waals surface area contributed by atoms with Crippen LogP contribution in [0, 0.1) is 6.92 Å². The van der Waals surface area contributed by atoms with E-state index in [1.54, 1.807) is 24.3 Å². The standard InChI is InChI=1S/C17H21N3O4S2/c1-12-5-6-14(26(2,23)24)10-15(12)19-11-16(21)20-17(22)18-8-7-13-4-3-9-25-13/h3-6,9-10,19H,7-8,11H2,1-2H3,(H2,18,20,21,22). The van der Waals surface area contributed by atoms with Crippen LogP contribution in [-0.4, -0.2) is 39.7 Å². The number of aryl methyl sites for hydroxylation is 1. The molecule has 3 N–H and O–H groups in total. The second-order valence-electron chi connectivity index (χ2n) is 5.74. The smallest absolute Gasteiger partial charge is 0.321 e. The Morgan fingerprint density at radius 3 is 2.62 bits per heavy atom. The molecule has 1 aromatic carbocycles. The van der Waals surface area contributed by atoms with Crippen LogP contribution < -0.4 is 16.0 Å². The highest BCUT2D eigenvalue weighted by atomic mass is 32.2. The van der Waals surface area contributed by atoms with Gasteiger partial charge >= 0.3 is 6.03 Å². The van der Waals surface area contributed by atoms with E-state index >= 15 is 0 Å². The number of nitrogens with one attached hydrogen (secondary N) is 3. The molecule has 3 amide bonds. The molecule has 0 bridgehead atoms. The van der Waals surface area contributed by atoms with Gasteiger partial charge in [0.15, 0.2) is 9.84 Å². The van der Waals surface area contributed by atoms with Gasteiger partial charge in [0.25, 0.3) is 0 Å². The number of thiophene rings is 1. The van der Waals surface area contributed by atoms with Crippen LogP contribution >= 0.6 is 11.3 Å². The molecule has 0 aliphatic carbocycles. The third kappa shape index (κ3) is 6.16. The van der Waals surface area contributed by atoms with Gasteiger partial charge in [-0.2, -0.15) is 0 Å². The maximum absolute atomic E-state index is 11.9. The topological polar surface area (TPSA) is 104 Å². The summed E-state index contributed by atoms with van der Waals surface area (Å²) in [6.45, 7) is 2.08. The number of imide groups is 1. The van der Waals surface area contributed by atoms with Crippen LogP contribution in [0.2, 0.25) is 0 Å². The van der Waals surface area contributed by atoms with Crippen molar-refractivity contribution in [3.63, 3.8) is 0 Å². The number of hydrogen-bond donors (Lipinski definition) is 3. The van der Waals surface area contributed by atoms with E-state index in [4.69, 9.17) is 0 Å². The second kappa shape index (κ2) is 8.81. The van der Waals surface area contributed by atoms with Crippen LogP contribution in [-0.2, 0) is 21.1 Å². The van der Waals surface area contributed by atoms with Crippen molar-refractivity contribution in [1.82, 2.24) is 10.6 Å². The van der Waals surface area contributed by atoms with Crippen LogP contribution in [0.15, 0.2) is 40.6 Å². The van der Waals surface area contributed by atoms with E-state index in [0.717, 1.165) is 16.7 Å². The molecule has 0 unspecified atom stereocenters. The van der Waals surface area contributed by atoms with Crippen molar-refractivity contribution in [1.29, 1.82) is 0 Å². The predicted molar refractivity (Wildman–Crippen MR) is 102 cm³/mol. The third-order valence-electron chi connectivity index (χ3n) is 3.57. The molecule has 1 heterocycles. The van der Waals surface area contributed by atoms with Crippen molar-refractivity contribution in [2.45, 2.75) is 18.2 Å². The number of rotatable bonds is 7. The van der Waals surface area contributed by atoms with Crippen LogP contribution in [0.1, 0.15) is 10.4 Å². The summed E-state index contributed by atoms with van der Waals surface area (Å²) in [5, 5.41) is 9.67. The van der Waals surface area contributed by atoms with Crippen molar-refractivity contribution < 1.29 is 18.0 Å². The van der Waals surface area contributed by atoms with Crippen LogP contribution in [0.3, 0.4) is 0 Å². The first-order valence-corrected chi connectivity index (χ1v) is 10.7. The summed E-state index contributed by atoms with van der Waals surface area (Å²) in [6.07, 6.45) is 1.82. The Kier molecular flexibility index (Phi) is 6.76. The number of anilines is 1. The summed E-state index contributed by atoms with van der Waals surface area (Å²) in [7, 11) is -3.33.